The summed E-state index contributed by atoms with van der Waals surface area (Å²) < 4.78 is 5.37. The minimum absolute atomic E-state index is 0.194. The van der Waals surface area contributed by atoms with Crippen LogP contribution in [-0.4, -0.2) is 17.1 Å². The van der Waals surface area contributed by atoms with Crippen molar-refractivity contribution in [3.05, 3.63) is 53.6 Å². The molecule has 1 atom stereocenters. The summed E-state index contributed by atoms with van der Waals surface area (Å²) in [6.45, 7) is 4.73. The summed E-state index contributed by atoms with van der Waals surface area (Å²) in [7, 11) is 1.69. The third kappa shape index (κ3) is 3.51. The number of ether oxygens (including phenoxy) is 1. The van der Waals surface area contributed by atoms with Crippen molar-refractivity contribution in [2.45, 2.75) is 26.4 Å². The molecule has 0 aliphatic rings. The molecule has 1 N–H and O–H groups in total. The van der Waals surface area contributed by atoms with E-state index in [-0.39, 0.29) is 6.04 Å². The van der Waals surface area contributed by atoms with Crippen molar-refractivity contribution in [3.8, 4) is 5.75 Å². The van der Waals surface area contributed by atoms with Crippen LogP contribution in [0.15, 0.2) is 36.7 Å². The van der Waals surface area contributed by atoms with E-state index in [1.165, 1.54) is 0 Å². The number of rotatable bonds is 5. The summed E-state index contributed by atoms with van der Waals surface area (Å²) >= 11 is 0. The van der Waals surface area contributed by atoms with Crippen molar-refractivity contribution >= 4 is 0 Å². The van der Waals surface area contributed by atoms with Gasteiger partial charge in [-0.25, -0.2) is 0 Å². The number of benzene rings is 1. The highest BCUT2D eigenvalue weighted by Gasteiger charge is 2.10. The Hall–Kier alpha value is -1.94. The summed E-state index contributed by atoms with van der Waals surface area (Å²) in [5.41, 5.74) is 3.01. The molecule has 0 amide bonds. The topological polar surface area (TPSA) is 47.0 Å². The first-order valence-electron chi connectivity index (χ1n) is 6.34. The molecular weight excluding hydrogens is 238 g/mol. The van der Waals surface area contributed by atoms with Gasteiger partial charge in [-0.05, 0) is 19.9 Å². The lowest BCUT2D eigenvalue weighted by Crippen LogP contribution is -2.19. The van der Waals surface area contributed by atoms with Gasteiger partial charge in [-0.15, -0.1) is 0 Å². The molecule has 4 nitrogen and oxygen atoms in total. The van der Waals surface area contributed by atoms with Crippen LogP contribution in [0.25, 0.3) is 0 Å². The van der Waals surface area contributed by atoms with Gasteiger partial charge in [-0.2, -0.15) is 0 Å². The normalized spacial score (nSPS) is 12.2. The molecule has 0 radical (unpaired) electrons. The largest absolute Gasteiger partial charge is 0.496 e. The van der Waals surface area contributed by atoms with Crippen LogP contribution in [0.3, 0.4) is 0 Å². The third-order valence-electron chi connectivity index (χ3n) is 3.03. The third-order valence-corrected chi connectivity index (χ3v) is 3.03. The van der Waals surface area contributed by atoms with Crippen molar-refractivity contribution in [2.75, 3.05) is 7.11 Å². The first-order chi connectivity index (χ1) is 9.20. The Morgan fingerprint density at radius 1 is 1.21 bits per heavy atom. The van der Waals surface area contributed by atoms with Gasteiger partial charge in [-0.1, -0.05) is 18.2 Å². The maximum Gasteiger partial charge on any atom is 0.123 e. The lowest BCUT2D eigenvalue weighted by atomic mass is 10.1. The number of para-hydroxylation sites is 1. The van der Waals surface area contributed by atoms with Crippen LogP contribution in [0.5, 0.6) is 5.75 Å². The summed E-state index contributed by atoms with van der Waals surface area (Å²) in [6, 6.07) is 8.22. The Kier molecular flexibility index (Phi) is 4.47. The van der Waals surface area contributed by atoms with Crippen molar-refractivity contribution < 1.29 is 4.74 Å². The van der Waals surface area contributed by atoms with E-state index < -0.39 is 0 Å². The Morgan fingerprint density at radius 2 is 2.00 bits per heavy atom. The second-order valence-corrected chi connectivity index (χ2v) is 4.49. The highest BCUT2D eigenvalue weighted by atomic mass is 16.5. The van der Waals surface area contributed by atoms with E-state index in [1.54, 1.807) is 19.5 Å². The SMILES string of the molecule is COc1ccccc1C(C)NCc1cnc(C)cn1. The number of nitrogens with zero attached hydrogens (tertiary/aromatic N) is 2. The minimum Gasteiger partial charge on any atom is -0.496 e. The van der Waals surface area contributed by atoms with Crippen molar-refractivity contribution in [2.24, 2.45) is 0 Å². The van der Waals surface area contributed by atoms with E-state index in [4.69, 9.17) is 4.74 Å². The van der Waals surface area contributed by atoms with E-state index in [1.807, 2.05) is 25.1 Å². The second kappa shape index (κ2) is 6.29. The number of aromatic nitrogens is 2. The van der Waals surface area contributed by atoms with Crippen LogP contribution >= 0.6 is 0 Å². The predicted octanol–water partition coefficient (Wildman–Crippen LogP) is 2.64. The fourth-order valence-corrected chi connectivity index (χ4v) is 1.90. The predicted molar refractivity (Wildman–Crippen MR) is 75.0 cm³/mol. The van der Waals surface area contributed by atoms with Crippen molar-refractivity contribution in [1.29, 1.82) is 0 Å². The summed E-state index contributed by atoms with van der Waals surface area (Å²) in [6.07, 6.45) is 3.59. The molecule has 0 fully saturated rings. The lowest BCUT2D eigenvalue weighted by molar-refractivity contribution is 0.401. The molecule has 2 aromatic rings. The highest BCUT2D eigenvalue weighted by molar-refractivity contribution is 5.35. The lowest BCUT2D eigenvalue weighted by Gasteiger charge is -2.16. The molecule has 1 aromatic carbocycles. The number of nitrogens with one attached hydrogen (secondary N) is 1. The summed E-state index contributed by atoms with van der Waals surface area (Å²) in [5.74, 6) is 0.900. The van der Waals surface area contributed by atoms with Gasteiger partial charge in [0.25, 0.3) is 0 Å². The Labute approximate surface area is 113 Å². The standard InChI is InChI=1S/C15H19N3O/c1-11-8-18-13(9-16-11)10-17-12(2)14-6-4-5-7-15(14)19-3/h4-9,12,17H,10H2,1-3H3. The zero-order valence-corrected chi connectivity index (χ0v) is 11.6. The average molecular weight is 257 g/mol. The van der Waals surface area contributed by atoms with Crippen LogP contribution in [0, 0.1) is 6.92 Å². The molecule has 2 rings (SSSR count). The fourth-order valence-electron chi connectivity index (χ4n) is 1.90. The van der Waals surface area contributed by atoms with E-state index in [0.29, 0.717) is 6.54 Å². The molecule has 1 unspecified atom stereocenters. The first kappa shape index (κ1) is 13.5. The van der Waals surface area contributed by atoms with Crippen LogP contribution < -0.4 is 10.1 Å². The average Bonchev–Trinajstić information content (AvgIpc) is 2.46. The van der Waals surface area contributed by atoms with Gasteiger partial charge in [0.05, 0.1) is 18.5 Å². The molecule has 1 heterocycles. The number of hydrogen-bond acceptors (Lipinski definition) is 4. The Morgan fingerprint density at radius 3 is 2.68 bits per heavy atom. The zero-order valence-electron chi connectivity index (χ0n) is 11.6. The summed E-state index contributed by atoms with van der Waals surface area (Å²) in [4.78, 5) is 8.57. The number of hydrogen-bond donors (Lipinski definition) is 1. The molecule has 100 valence electrons. The fraction of sp³-hybridized carbons (Fsp3) is 0.333. The van der Waals surface area contributed by atoms with E-state index in [9.17, 15) is 0 Å². The van der Waals surface area contributed by atoms with E-state index in [2.05, 4.69) is 28.3 Å². The molecule has 0 aliphatic carbocycles. The number of methoxy groups -OCH3 is 1. The summed E-state index contributed by atoms with van der Waals surface area (Å²) in [5, 5.41) is 3.43. The zero-order chi connectivity index (χ0) is 13.7. The monoisotopic (exact) mass is 257 g/mol. The molecule has 19 heavy (non-hydrogen) atoms. The smallest absolute Gasteiger partial charge is 0.123 e. The van der Waals surface area contributed by atoms with Crippen molar-refractivity contribution in [3.63, 3.8) is 0 Å². The Bertz CT molecular complexity index is 525. The molecule has 0 bridgehead atoms. The van der Waals surface area contributed by atoms with Gasteiger partial charge >= 0.3 is 0 Å². The highest BCUT2D eigenvalue weighted by Crippen LogP contribution is 2.24. The van der Waals surface area contributed by atoms with Gasteiger partial charge in [-0.3, -0.25) is 9.97 Å². The van der Waals surface area contributed by atoms with Gasteiger partial charge in [0.15, 0.2) is 0 Å². The van der Waals surface area contributed by atoms with Crippen molar-refractivity contribution in [1.82, 2.24) is 15.3 Å². The molecule has 1 aromatic heterocycles. The maximum atomic E-state index is 5.37. The van der Waals surface area contributed by atoms with Gasteiger partial charge < -0.3 is 10.1 Å². The molecule has 0 aliphatic heterocycles. The van der Waals surface area contributed by atoms with Crippen LogP contribution in [0.2, 0.25) is 0 Å². The second-order valence-electron chi connectivity index (χ2n) is 4.49. The maximum absolute atomic E-state index is 5.37. The first-order valence-corrected chi connectivity index (χ1v) is 6.34. The van der Waals surface area contributed by atoms with Crippen LogP contribution in [-0.2, 0) is 6.54 Å². The van der Waals surface area contributed by atoms with Crippen LogP contribution in [0.1, 0.15) is 29.9 Å². The van der Waals surface area contributed by atoms with Gasteiger partial charge in [0.1, 0.15) is 5.75 Å². The molecule has 0 saturated heterocycles. The van der Waals surface area contributed by atoms with Crippen LogP contribution in [0.4, 0.5) is 0 Å². The molecule has 0 saturated carbocycles. The van der Waals surface area contributed by atoms with Gasteiger partial charge in [0, 0.05) is 30.5 Å². The number of aryl methyl sites for hydroxylation is 1. The Balaban J connectivity index is 2.01. The molecule has 0 spiro atoms. The quantitative estimate of drug-likeness (QED) is 0.894. The molecular formula is C15H19N3O. The minimum atomic E-state index is 0.194. The van der Waals surface area contributed by atoms with E-state index in [0.717, 1.165) is 22.7 Å². The van der Waals surface area contributed by atoms with Gasteiger partial charge in [0.2, 0.25) is 0 Å². The van der Waals surface area contributed by atoms with E-state index >= 15 is 0 Å². The molecule has 4 heteroatoms.